The summed E-state index contributed by atoms with van der Waals surface area (Å²) < 4.78 is 12.5. The van der Waals surface area contributed by atoms with Gasteiger partial charge in [-0.25, -0.2) is 4.98 Å². The number of carbonyl (C=O) groups excluding carboxylic acids is 1. The van der Waals surface area contributed by atoms with Crippen LogP contribution in [0.1, 0.15) is 32.8 Å². The zero-order chi connectivity index (χ0) is 22.9. The number of allylic oxidation sites excluding steroid dienone is 4. The Bertz CT molecular complexity index is 1200. The molecule has 0 spiro atoms. The van der Waals surface area contributed by atoms with Crippen LogP contribution in [0, 0.1) is 5.92 Å². The Balaban J connectivity index is 1.47. The Hall–Kier alpha value is -2.90. The summed E-state index contributed by atoms with van der Waals surface area (Å²) >= 11 is 3.46. The minimum absolute atomic E-state index is 0.0362. The number of aliphatic hydroxyl groups is 1. The third kappa shape index (κ3) is 4.95. The smallest absolute Gasteiger partial charge is 0.262 e. The molecular weight excluding hydrogens is 472 g/mol. The molecule has 2 aromatic carbocycles. The first kappa shape index (κ1) is 22.3. The number of halogens is 1. The number of rotatable bonds is 6. The average Bonchev–Trinajstić information content (AvgIpc) is 3.16. The van der Waals surface area contributed by atoms with E-state index in [1.807, 2.05) is 36.4 Å². The molecular formula is C25H25BrN2O4. The number of hydrogen-bond acceptors (Lipinski definition) is 5. The van der Waals surface area contributed by atoms with Crippen LogP contribution in [0.15, 0.2) is 69.3 Å². The molecule has 0 aliphatic heterocycles. The number of nitrogens with one attached hydrogen (secondary N) is 1. The molecule has 32 heavy (non-hydrogen) atoms. The molecule has 166 valence electrons. The normalized spacial score (nSPS) is 16.2. The van der Waals surface area contributed by atoms with Crippen LogP contribution in [0.4, 0.5) is 5.69 Å². The topological polar surface area (TPSA) is 84.6 Å². The highest BCUT2D eigenvalue weighted by Crippen LogP contribution is 2.34. The number of fused-ring (bicyclic) bond motifs is 1. The van der Waals surface area contributed by atoms with Gasteiger partial charge in [0.25, 0.3) is 5.91 Å². The lowest BCUT2D eigenvalue weighted by atomic mass is 9.98. The van der Waals surface area contributed by atoms with Gasteiger partial charge in [-0.15, -0.1) is 0 Å². The number of hydrogen-bond donors (Lipinski definition) is 2. The molecule has 6 nitrogen and oxygen atoms in total. The molecule has 1 heterocycles. The van der Waals surface area contributed by atoms with Gasteiger partial charge in [0.05, 0.1) is 11.4 Å². The van der Waals surface area contributed by atoms with Gasteiger partial charge in [-0.05, 0) is 62.7 Å². The third-order valence-corrected chi connectivity index (χ3v) is 5.73. The van der Waals surface area contributed by atoms with Crippen LogP contribution >= 0.6 is 15.9 Å². The summed E-state index contributed by atoms with van der Waals surface area (Å²) in [4.78, 5) is 16.8. The van der Waals surface area contributed by atoms with Crippen molar-refractivity contribution in [2.75, 3.05) is 11.9 Å². The fourth-order valence-corrected chi connectivity index (χ4v) is 3.98. The van der Waals surface area contributed by atoms with E-state index < -0.39 is 5.60 Å². The summed E-state index contributed by atoms with van der Waals surface area (Å²) in [6.45, 7) is 5.45. The zero-order valence-corrected chi connectivity index (χ0v) is 19.8. The van der Waals surface area contributed by atoms with Crippen molar-refractivity contribution in [1.29, 1.82) is 0 Å². The molecule has 3 aromatic rings. The minimum atomic E-state index is -1.07. The zero-order valence-electron chi connectivity index (χ0n) is 18.2. The lowest BCUT2D eigenvalue weighted by Crippen LogP contribution is -2.19. The lowest BCUT2D eigenvalue weighted by molar-refractivity contribution is -0.119. The summed E-state index contributed by atoms with van der Waals surface area (Å²) in [7, 11) is 0. The van der Waals surface area contributed by atoms with Gasteiger partial charge in [0.1, 0.15) is 5.52 Å². The van der Waals surface area contributed by atoms with E-state index in [4.69, 9.17) is 9.15 Å². The maximum Gasteiger partial charge on any atom is 0.262 e. The Labute approximate surface area is 195 Å². The Morgan fingerprint density at radius 3 is 2.75 bits per heavy atom. The first-order valence-corrected chi connectivity index (χ1v) is 11.2. The van der Waals surface area contributed by atoms with E-state index >= 15 is 0 Å². The summed E-state index contributed by atoms with van der Waals surface area (Å²) in [5.74, 6) is 1.32. The third-order valence-electron chi connectivity index (χ3n) is 5.27. The van der Waals surface area contributed by atoms with Gasteiger partial charge in [0, 0.05) is 27.2 Å². The van der Waals surface area contributed by atoms with Crippen LogP contribution in [-0.2, 0) is 15.1 Å². The van der Waals surface area contributed by atoms with Crippen LogP contribution in [-0.4, -0.2) is 22.6 Å². The molecule has 1 unspecified atom stereocenters. The Kier molecular flexibility index (Phi) is 6.22. The van der Waals surface area contributed by atoms with Crippen LogP contribution < -0.4 is 5.32 Å². The van der Waals surface area contributed by atoms with E-state index in [1.165, 1.54) is 0 Å². The molecule has 2 N–H and O–H groups in total. The first-order chi connectivity index (χ1) is 15.2. The first-order valence-electron chi connectivity index (χ1n) is 10.4. The number of aromatic nitrogens is 1. The Morgan fingerprint density at radius 1 is 1.31 bits per heavy atom. The van der Waals surface area contributed by atoms with E-state index in [2.05, 4.69) is 39.2 Å². The van der Waals surface area contributed by atoms with Crippen LogP contribution in [0.5, 0.6) is 0 Å². The van der Waals surface area contributed by atoms with Crippen LogP contribution in [0.25, 0.3) is 22.6 Å². The van der Waals surface area contributed by atoms with Gasteiger partial charge in [-0.1, -0.05) is 35.0 Å². The van der Waals surface area contributed by atoms with Crippen molar-refractivity contribution in [3.05, 3.63) is 70.4 Å². The summed E-state index contributed by atoms with van der Waals surface area (Å²) in [6, 6.07) is 10.9. The number of ether oxygens (including phenoxy) is 1. The quantitative estimate of drug-likeness (QED) is 0.442. The van der Waals surface area contributed by atoms with Crippen LogP contribution in [0.2, 0.25) is 0 Å². The maximum atomic E-state index is 12.3. The molecule has 1 atom stereocenters. The van der Waals surface area contributed by atoms with E-state index in [0.29, 0.717) is 28.2 Å². The van der Waals surface area contributed by atoms with Crippen molar-refractivity contribution in [2.45, 2.75) is 32.8 Å². The SMILES string of the molecule is CC1CC=CC=C1OCC(=O)Nc1ccc(-c2nc3cc(Br)cc(C(C)(C)O)c3o2)cc1. The van der Waals surface area contributed by atoms with E-state index in [0.717, 1.165) is 22.2 Å². The number of oxazole rings is 1. The largest absolute Gasteiger partial charge is 0.488 e. The van der Waals surface area contributed by atoms with Crippen molar-refractivity contribution in [3.8, 4) is 11.5 Å². The van der Waals surface area contributed by atoms with Gasteiger partial charge in [0.15, 0.2) is 12.2 Å². The van der Waals surface area contributed by atoms with Crippen molar-refractivity contribution < 1.29 is 19.1 Å². The molecule has 0 saturated heterocycles. The molecule has 0 saturated carbocycles. The van der Waals surface area contributed by atoms with E-state index in [1.54, 1.807) is 26.0 Å². The number of benzene rings is 2. The molecule has 1 aliphatic rings. The number of carbonyl (C=O) groups is 1. The van der Waals surface area contributed by atoms with E-state index in [-0.39, 0.29) is 18.4 Å². The van der Waals surface area contributed by atoms with E-state index in [9.17, 15) is 9.90 Å². The van der Waals surface area contributed by atoms with Crippen LogP contribution in [0.3, 0.4) is 0 Å². The highest BCUT2D eigenvalue weighted by Gasteiger charge is 2.24. The highest BCUT2D eigenvalue weighted by atomic mass is 79.9. The standard InChI is InChI=1S/C25H25BrN2O4/c1-15-6-4-5-7-21(15)31-14-22(29)27-18-10-8-16(9-11-18)24-28-20-13-17(26)12-19(23(20)32-24)25(2,3)30/h4-5,7-13,15,30H,6,14H2,1-3H3,(H,27,29). The summed E-state index contributed by atoms with van der Waals surface area (Å²) in [5.41, 5.74) is 2.21. The van der Waals surface area contributed by atoms with Crippen molar-refractivity contribution in [3.63, 3.8) is 0 Å². The molecule has 4 rings (SSSR count). The summed E-state index contributed by atoms with van der Waals surface area (Å²) in [5, 5.41) is 13.3. The molecule has 1 amide bonds. The fraction of sp³-hybridized carbons (Fsp3) is 0.280. The van der Waals surface area contributed by atoms with Gasteiger partial charge >= 0.3 is 0 Å². The van der Waals surface area contributed by atoms with Gasteiger partial charge < -0.3 is 19.6 Å². The molecule has 0 bridgehead atoms. The van der Waals surface area contributed by atoms with Gasteiger partial charge in [0.2, 0.25) is 5.89 Å². The second-order valence-electron chi connectivity index (χ2n) is 8.43. The van der Waals surface area contributed by atoms with Gasteiger partial charge in [-0.3, -0.25) is 4.79 Å². The predicted molar refractivity (Wildman–Crippen MR) is 128 cm³/mol. The number of nitrogens with zero attached hydrogens (tertiary/aromatic N) is 1. The highest BCUT2D eigenvalue weighted by molar-refractivity contribution is 9.10. The summed E-state index contributed by atoms with van der Waals surface area (Å²) in [6.07, 6.45) is 6.85. The maximum absolute atomic E-state index is 12.3. The predicted octanol–water partition coefficient (Wildman–Crippen LogP) is 5.92. The molecule has 0 fully saturated rings. The van der Waals surface area contributed by atoms with Crippen molar-refractivity contribution in [2.24, 2.45) is 5.92 Å². The van der Waals surface area contributed by atoms with Crippen molar-refractivity contribution >= 4 is 38.6 Å². The fourth-order valence-electron chi connectivity index (χ4n) is 3.53. The lowest BCUT2D eigenvalue weighted by Gasteiger charge is -2.17. The second-order valence-corrected chi connectivity index (χ2v) is 9.34. The monoisotopic (exact) mass is 496 g/mol. The molecule has 1 aromatic heterocycles. The molecule has 0 radical (unpaired) electrons. The Morgan fingerprint density at radius 2 is 2.06 bits per heavy atom. The molecule has 7 heteroatoms. The second kappa shape index (κ2) is 8.92. The van der Waals surface area contributed by atoms with Crippen molar-refractivity contribution in [1.82, 2.24) is 4.98 Å². The minimum Gasteiger partial charge on any atom is -0.488 e. The number of anilines is 1. The van der Waals surface area contributed by atoms with Gasteiger partial charge in [-0.2, -0.15) is 0 Å². The average molecular weight is 497 g/mol. The molecule has 1 aliphatic carbocycles. The number of amides is 1.